The highest BCUT2D eigenvalue weighted by atomic mass is 16.5. The van der Waals surface area contributed by atoms with E-state index >= 15 is 0 Å². The van der Waals surface area contributed by atoms with Crippen LogP contribution < -0.4 is 4.74 Å². The van der Waals surface area contributed by atoms with Gasteiger partial charge < -0.3 is 4.74 Å². The number of rotatable bonds is 1. The molecular formula is C24H26O. The highest BCUT2D eigenvalue weighted by Gasteiger charge is 2.21. The largest absolute Gasteiger partial charge is 0.488 e. The van der Waals surface area contributed by atoms with Gasteiger partial charge in [0.1, 0.15) is 12.4 Å². The molecule has 0 aliphatic carbocycles. The monoisotopic (exact) mass is 330 g/mol. The summed E-state index contributed by atoms with van der Waals surface area (Å²) >= 11 is 0. The number of ether oxygens (including phenoxy) is 1. The van der Waals surface area contributed by atoms with Crippen molar-refractivity contribution >= 4 is 10.8 Å². The molecule has 1 heteroatoms. The average Bonchev–Trinajstić information content (AvgIpc) is 2.59. The molecule has 0 bridgehead atoms. The Balaban J connectivity index is 1.87. The molecular weight excluding hydrogens is 304 g/mol. The van der Waals surface area contributed by atoms with E-state index in [1.807, 2.05) is 0 Å². The van der Waals surface area contributed by atoms with Crippen LogP contribution in [0, 0.1) is 0 Å². The van der Waals surface area contributed by atoms with Crippen molar-refractivity contribution in [2.45, 2.75) is 52.6 Å². The highest BCUT2D eigenvalue weighted by Crippen LogP contribution is 2.42. The molecule has 0 amide bonds. The van der Waals surface area contributed by atoms with Crippen LogP contribution in [0.15, 0.2) is 48.5 Å². The zero-order valence-electron chi connectivity index (χ0n) is 15.8. The number of benzene rings is 3. The Kier molecular flexibility index (Phi) is 3.64. The normalized spacial score (nSPS) is 13.5. The Hall–Kier alpha value is -2.28. The average molecular weight is 330 g/mol. The van der Waals surface area contributed by atoms with E-state index in [-0.39, 0.29) is 5.41 Å². The molecule has 4 rings (SSSR count). The Labute approximate surface area is 150 Å². The van der Waals surface area contributed by atoms with Crippen LogP contribution in [-0.4, -0.2) is 0 Å². The maximum Gasteiger partial charge on any atom is 0.127 e. The molecule has 128 valence electrons. The zero-order valence-corrected chi connectivity index (χ0v) is 15.8. The van der Waals surface area contributed by atoms with Gasteiger partial charge in [-0.15, -0.1) is 0 Å². The summed E-state index contributed by atoms with van der Waals surface area (Å²) in [4.78, 5) is 0. The lowest BCUT2D eigenvalue weighted by atomic mass is 9.84. The van der Waals surface area contributed by atoms with Gasteiger partial charge >= 0.3 is 0 Å². The standard InChI is InChI=1S/C24H26O/c1-15(2)16-6-10-21-20-9-7-17-12-18(24(3,4)5)8-11-19(17)22(20)14-25-23(21)13-16/h6-13,15H,14H2,1-5H3. The third kappa shape index (κ3) is 2.72. The summed E-state index contributed by atoms with van der Waals surface area (Å²) in [5, 5.41) is 2.61. The minimum absolute atomic E-state index is 0.167. The molecule has 0 saturated carbocycles. The quantitative estimate of drug-likeness (QED) is 0.475. The van der Waals surface area contributed by atoms with Crippen LogP contribution in [0.1, 0.15) is 57.2 Å². The van der Waals surface area contributed by atoms with Crippen molar-refractivity contribution < 1.29 is 4.74 Å². The van der Waals surface area contributed by atoms with Crippen LogP contribution in [0.3, 0.4) is 0 Å². The van der Waals surface area contributed by atoms with Crippen molar-refractivity contribution in [2.24, 2.45) is 0 Å². The molecule has 3 aromatic rings. The molecule has 3 aromatic carbocycles. The lowest BCUT2D eigenvalue weighted by Crippen LogP contribution is -2.11. The molecule has 1 nitrogen and oxygen atoms in total. The second-order valence-corrected chi connectivity index (χ2v) is 8.48. The summed E-state index contributed by atoms with van der Waals surface area (Å²) in [6, 6.07) is 18.0. The van der Waals surface area contributed by atoms with Crippen LogP contribution in [0.5, 0.6) is 5.75 Å². The smallest absolute Gasteiger partial charge is 0.127 e. The fourth-order valence-corrected chi connectivity index (χ4v) is 3.66. The summed E-state index contributed by atoms with van der Waals surface area (Å²) in [5.41, 5.74) is 6.71. The summed E-state index contributed by atoms with van der Waals surface area (Å²) in [6.07, 6.45) is 0. The Morgan fingerprint density at radius 3 is 2.36 bits per heavy atom. The Morgan fingerprint density at radius 2 is 1.64 bits per heavy atom. The van der Waals surface area contributed by atoms with Gasteiger partial charge in [-0.2, -0.15) is 0 Å². The van der Waals surface area contributed by atoms with Crippen molar-refractivity contribution in [1.29, 1.82) is 0 Å². The molecule has 0 unspecified atom stereocenters. The molecule has 25 heavy (non-hydrogen) atoms. The van der Waals surface area contributed by atoms with Crippen LogP contribution in [0.25, 0.3) is 21.9 Å². The third-order valence-electron chi connectivity index (χ3n) is 5.33. The lowest BCUT2D eigenvalue weighted by molar-refractivity contribution is 0.303. The highest BCUT2D eigenvalue weighted by molar-refractivity contribution is 5.94. The number of hydrogen-bond donors (Lipinski definition) is 0. The molecule has 0 radical (unpaired) electrons. The van der Waals surface area contributed by atoms with E-state index in [0.717, 1.165) is 5.75 Å². The van der Waals surface area contributed by atoms with Gasteiger partial charge in [-0.1, -0.05) is 77.1 Å². The van der Waals surface area contributed by atoms with E-state index < -0.39 is 0 Å². The first kappa shape index (κ1) is 16.2. The SMILES string of the molecule is CC(C)c1ccc2c(c1)OCc1c-2ccc2cc(C(C)(C)C)ccc12. The molecule has 0 N–H and O–H groups in total. The van der Waals surface area contributed by atoms with Gasteiger partial charge in [0.05, 0.1) is 0 Å². The summed E-state index contributed by atoms with van der Waals surface area (Å²) in [6.45, 7) is 11.9. The number of hydrogen-bond acceptors (Lipinski definition) is 1. The predicted molar refractivity (Wildman–Crippen MR) is 107 cm³/mol. The van der Waals surface area contributed by atoms with Gasteiger partial charge in [-0.25, -0.2) is 0 Å². The van der Waals surface area contributed by atoms with Crippen molar-refractivity contribution in [2.75, 3.05) is 0 Å². The third-order valence-corrected chi connectivity index (χ3v) is 5.33. The maximum atomic E-state index is 6.15. The first-order valence-electron chi connectivity index (χ1n) is 9.18. The molecule has 0 spiro atoms. The summed E-state index contributed by atoms with van der Waals surface area (Å²) in [7, 11) is 0. The van der Waals surface area contributed by atoms with Crippen LogP contribution >= 0.6 is 0 Å². The van der Waals surface area contributed by atoms with Crippen LogP contribution in [0.4, 0.5) is 0 Å². The van der Waals surface area contributed by atoms with Crippen molar-refractivity contribution in [1.82, 2.24) is 0 Å². The van der Waals surface area contributed by atoms with Crippen LogP contribution in [-0.2, 0) is 12.0 Å². The Bertz CT molecular complexity index is 958. The number of fused-ring (bicyclic) bond motifs is 5. The zero-order chi connectivity index (χ0) is 17.8. The van der Waals surface area contributed by atoms with Gasteiger partial charge in [0.15, 0.2) is 0 Å². The van der Waals surface area contributed by atoms with Crippen molar-refractivity contribution in [3.05, 3.63) is 65.2 Å². The second kappa shape index (κ2) is 5.62. The topological polar surface area (TPSA) is 9.23 Å². The van der Waals surface area contributed by atoms with Crippen LogP contribution in [0.2, 0.25) is 0 Å². The van der Waals surface area contributed by atoms with E-state index in [2.05, 4.69) is 83.1 Å². The van der Waals surface area contributed by atoms with Gasteiger partial charge in [0.2, 0.25) is 0 Å². The fourth-order valence-electron chi connectivity index (χ4n) is 3.66. The maximum absolute atomic E-state index is 6.15. The molecule has 1 heterocycles. The molecule has 1 aliphatic rings. The minimum Gasteiger partial charge on any atom is -0.488 e. The first-order chi connectivity index (χ1) is 11.8. The molecule has 0 fully saturated rings. The van der Waals surface area contributed by atoms with Crippen molar-refractivity contribution in [3.8, 4) is 16.9 Å². The Morgan fingerprint density at radius 1 is 0.880 bits per heavy atom. The van der Waals surface area contributed by atoms with Gasteiger partial charge in [0.25, 0.3) is 0 Å². The molecule has 0 saturated heterocycles. The summed E-state index contributed by atoms with van der Waals surface area (Å²) < 4.78 is 6.15. The minimum atomic E-state index is 0.167. The van der Waals surface area contributed by atoms with E-state index in [0.29, 0.717) is 12.5 Å². The van der Waals surface area contributed by atoms with Gasteiger partial charge in [-0.05, 0) is 44.9 Å². The van der Waals surface area contributed by atoms with E-state index in [9.17, 15) is 0 Å². The second-order valence-electron chi connectivity index (χ2n) is 8.48. The predicted octanol–water partition coefficient (Wildman–Crippen LogP) is 6.82. The van der Waals surface area contributed by atoms with E-state index in [1.165, 1.54) is 38.6 Å². The molecule has 0 aromatic heterocycles. The molecule has 0 atom stereocenters. The van der Waals surface area contributed by atoms with Gasteiger partial charge in [-0.3, -0.25) is 0 Å². The first-order valence-corrected chi connectivity index (χ1v) is 9.18. The van der Waals surface area contributed by atoms with E-state index in [1.54, 1.807) is 0 Å². The molecule has 1 aliphatic heterocycles. The summed E-state index contributed by atoms with van der Waals surface area (Å²) in [5.74, 6) is 1.53. The van der Waals surface area contributed by atoms with Crippen molar-refractivity contribution in [3.63, 3.8) is 0 Å². The fraction of sp³-hybridized carbons (Fsp3) is 0.333. The lowest BCUT2D eigenvalue weighted by Gasteiger charge is -2.25. The van der Waals surface area contributed by atoms with E-state index in [4.69, 9.17) is 4.74 Å². The van der Waals surface area contributed by atoms with Gasteiger partial charge in [0, 0.05) is 11.1 Å².